The molecule has 1 aliphatic rings. The lowest BCUT2D eigenvalue weighted by molar-refractivity contribution is -0.137. The van der Waals surface area contributed by atoms with Gasteiger partial charge in [-0.05, 0) is 72.1 Å². The summed E-state index contributed by atoms with van der Waals surface area (Å²) in [5.74, 6) is -2.94. The van der Waals surface area contributed by atoms with Crippen molar-refractivity contribution in [2.45, 2.75) is 96.4 Å². The maximum absolute atomic E-state index is 14.7. The van der Waals surface area contributed by atoms with Gasteiger partial charge >= 0.3 is 12.2 Å². The van der Waals surface area contributed by atoms with Crippen LogP contribution in [0.1, 0.15) is 74.9 Å². The second kappa shape index (κ2) is 18.6. The van der Waals surface area contributed by atoms with E-state index in [-0.39, 0.29) is 54.6 Å². The van der Waals surface area contributed by atoms with Crippen LogP contribution in [0.25, 0.3) is 10.9 Å². The number of para-hydroxylation sites is 1. The molecule has 15 heteroatoms. The third-order valence-electron chi connectivity index (χ3n) is 11.1. The Balaban J connectivity index is 1.42. The molecule has 0 saturated carbocycles. The van der Waals surface area contributed by atoms with Gasteiger partial charge in [-0.3, -0.25) is 19.4 Å². The summed E-state index contributed by atoms with van der Waals surface area (Å²) in [5.41, 5.74) is -0.458. The number of nitrogens with one attached hydrogen (secondary N) is 6. The molecule has 2 unspecified atom stereocenters. The first-order valence-corrected chi connectivity index (χ1v) is 19.4. The van der Waals surface area contributed by atoms with E-state index in [2.05, 4.69) is 36.6 Å². The minimum Gasteiger partial charge on any atom is -0.358 e. The van der Waals surface area contributed by atoms with Crippen molar-refractivity contribution in [2.24, 2.45) is 11.8 Å². The van der Waals surface area contributed by atoms with Crippen LogP contribution < -0.4 is 26.6 Å². The molecule has 5 rings (SSSR count). The Morgan fingerprint density at radius 2 is 1.63 bits per heavy atom. The number of benzene rings is 2. The highest BCUT2D eigenvalue weighted by Crippen LogP contribution is 2.40. The quantitative estimate of drug-likeness (QED) is 0.0779. The summed E-state index contributed by atoms with van der Waals surface area (Å²) in [6.45, 7) is 7.88. The van der Waals surface area contributed by atoms with Crippen molar-refractivity contribution in [1.82, 2.24) is 36.6 Å². The van der Waals surface area contributed by atoms with Crippen molar-refractivity contribution < 1.29 is 36.7 Å². The third-order valence-corrected chi connectivity index (χ3v) is 11.1. The van der Waals surface area contributed by atoms with Crippen molar-refractivity contribution in [1.29, 1.82) is 0 Å². The number of fused-ring (bicyclic) bond motifs is 3. The van der Waals surface area contributed by atoms with Gasteiger partial charge in [0.1, 0.15) is 17.4 Å². The Kier molecular flexibility index (Phi) is 14.0. The maximum atomic E-state index is 14.7. The van der Waals surface area contributed by atoms with Gasteiger partial charge in [0.25, 0.3) is 0 Å². The fourth-order valence-electron chi connectivity index (χ4n) is 7.24. The number of aromatic nitrogens is 2. The molecule has 5 atom stereocenters. The second-order valence-electron chi connectivity index (χ2n) is 15.0. The van der Waals surface area contributed by atoms with Gasteiger partial charge in [0.05, 0.1) is 17.5 Å². The lowest BCUT2D eigenvalue weighted by atomic mass is 9.78. The smallest absolute Gasteiger partial charge is 0.358 e. The van der Waals surface area contributed by atoms with E-state index < -0.39 is 64.9 Å². The van der Waals surface area contributed by atoms with Crippen LogP contribution in [0, 0.1) is 17.7 Å². The molecule has 0 radical (unpaired) electrons. The SMILES string of the molecule is CCC(C)[C@H](NC(=O)Cc1ccccc1F)C(=O)N[C@]1(C(=O)NC(CNC(=O)NCCc2ccncc2)[C@@H](C)CC)CCc2[nH]c3c(C(F)(F)F)cccc3c2C1. The number of urea groups is 1. The van der Waals surface area contributed by atoms with Crippen molar-refractivity contribution in [3.63, 3.8) is 0 Å². The van der Waals surface area contributed by atoms with Crippen LogP contribution in [-0.2, 0) is 46.2 Å². The molecule has 2 aromatic carbocycles. The number of hydrogen-bond acceptors (Lipinski definition) is 5. The highest BCUT2D eigenvalue weighted by molar-refractivity contribution is 5.97. The number of rotatable bonds is 16. The molecule has 2 aromatic heterocycles. The zero-order valence-electron chi connectivity index (χ0n) is 32.6. The molecule has 4 aromatic rings. The Hall–Kier alpha value is -5.47. The van der Waals surface area contributed by atoms with Crippen LogP contribution >= 0.6 is 0 Å². The van der Waals surface area contributed by atoms with Crippen molar-refractivity contribution in [3.8, 4) is 0 Å². The fraction of sp³-hybridized carbons (Fsp3) is 0.452. The van der Waals surface area contributed by atoms with Crippen LogP contribution in [0.5, 0.6) is 0 Å². The Bertz CT molecular complexity index is 2040. The molecule has 306 valence electrons. The van der Waals surface area contributed by atoms with Crippen LogP contribution in [0.15, 0.2) is 67.0 Å². The summed E-state index contributed by atoms with van der Waals surface area (Å²) < 4.78 is 56.7. The molecular weight excluding hydrogens is 742 g/mol. The van der Waals surface area contributed by atoms with E-state index in [0.717, 1.165) is 11.6 Å². The van der Waals surface area contributed by atoms with Gasteiger partial charge in [0.2, 0.25) is 17.7 Å². The van der Waals surface area contributed by atoms with Gasteiger partial charge in [0, 0.05) is 49.0 Å². The third kappa shape index (κ3) is 10.5. The van der Waals surface area contributed by atoms with Gasteiger partial charge in [-0.1, -0.05) is 70.9 Å². The molecule has 11 nitrogen and oxygen atoms in total. The topological polar surface area (TPSA) is 157 Å². The van der Waals surface area contributed by atoms with Crippen LogP contribution in [0.2, 0.25) is 0 Å². The molecule has 0 spiro atoms. The number of amides is 5. The number of carbonyl (C=O) groups is 4. The number of H-pyrrole nitrogens is 1. The van der Waals surface area contributed by atoms with Gasteiger partial charge in [-0.15, -0.1) is 0 Å². The van der Waals surface area contributed by atoms with E-state index in [1.165, 1.54) is 24.3 Å². The molecule has 0 fully saturated rings. The number of pyridine rings is 1. The summed E-state index contributed by atoms with van der Waals surface area (Å²) in [6.07, 6.45) is 0.0885. The first kappa shape index (κ1) is 42.7. The molecule has 5 amide bonds. The monoisotopic (exact) mass is 793 g/mol. The number of aromatic amines is 1. The van der Waals surface area contributed by atoms with E-state index in [1.54, 1.807) is 31.5 Å². The number of aryl methyl sites for hydroxylation is 1. The largest absolute Gasteiger partial charge is 0.418 e. The summed E-state index contributed by atoms with van der Waals surface area (Å²) >= 11 is 0. The zero-order valence-corrected chi connectivity index (χ0v) is 32.6. The van der Waals surface area contributed by atoms with E-state index in [1.807, 2.05) is 32.9 Å². The number of alkyl halides is 3. The number of nitrogens with zero attached hydrogens (tertiary/aromatic N) is 1. The Labute approximate surface area is 329 Å². The standard InChI is InChI=1S/C42H51F4N7O4/c1-5-25(3)34(24-49-40(57)48-21-17-27-15-19-47-20-16-27)51-39(56)41(18-14-33-30(23-41)29-11-9-12-31(37(29)50-33)42(44,45)46)53-38(55)36(26(4)6-2)52-35(54)22-28-10-7-8-13-32(28)43/h7-13,15-16,19-20,25-26,34,36,50H,5-6,14,17-18,21-24H2,1-4H3,(H,51,56)(H,52,54)(H,53,55)(H2,48,49,57)/t25-,26?,34?,36-,41+/m0/s1. The summed E-state index contributed by atoms with van der Waals surface area (Å²) in [6, 6.07) is 11.2. The number of hydrogen-bond donors (Lipinski definition) is 6. The van der Waals surface area contributed by atoms with Crippen molar-refractivity contribution in [3.05, 3.63) is 101 Å². The van der Waals surface area contributed by atoms with E-state index >= 15 is 0 Å². The van der Waals surface area contributed by atoms with E-state index in [4.69, 9.17) is 0 Å². The first-order valence-electron chi connectivity index (χ1n) is 19.4. The first-order chi connectivity index (χ1) is 27.2. The summed E-state index contributed by atoms with van der Waals surface area (Å²) in [4.78, 5) is 62.1. The van der Waals surface area contributed by atoms with E-state index in [9.17, 15) is 36.7 Å². The van der Waals surface area contributed by atoms with E-state index in [0.29, 0.717) is 37.1 Å². The Morgan fingerprint density at radius 1 is 0.912 bits per heavy atom. The summed E-state index contributed by atoms with van der Waals surface area (Å²) in [7, 11) is 0. The molecule has 1 aliphatic carbocycles. The predicted molar refractivity (Wildman–Crippen MR) is 208 cm³/mol. The van der Waals surface area contributed by atoms with Crippen molar-refractivity contribution in [2.75, 3.05) is 13.1 Å². The van der Waals surface area contributed by atoms with Crippen LogP contribution in [-0.4, -0.2) is 64.4 Å². The fourth-order valence-corrected chi connectivity index (χ4v) is 7.24. The zero-order chi connectivity index (χ0) is 41.3. The average Bonchev–Trinajstić information content (AvgIpc) is 3.56. The molecule has 6 N–H and O–H groups in total. The average molecular weight is 794 g/mol. The van der Waals surface area contributed by atoms with Gasteiger partial charge < -0.3 is 31.6 Å². The second-order valence-corrected chi connectivity index (χ2v) is 15.0. The highest BCUT2D eigenvalue weighted by Gasteiger charge is 2.47. The van der Waals surface area contributed by atoms with Gasteiger partial charge in [-0.25, -0.2) is 9.18 Å². The normalized spacial score (nSPS) is 17.4. The molecule has 57 heavy (non-hydrogen) atoms. The molecular formula is C42H51F4N7O4. The van der Waals surface area contributed by atoms with Gasteiger partial charge in [-0.2, -0.15) is 13.2 Å². The lowest BCUT2D eigenvalue weighted by Crippen LogP contribution is -2.67. The molecule has 0 bridgehead atoms. The lowest BCUT2D eigenvalue weighted by Gasteiger charge is -2.40. The predicted octanol–water partition coefficient (Wildman–Crippen LogP) is 5.91. The van der Waals surface area contributed by atoms with Crippen LogP contribution in [0.3, 0.4) is 0 Å². The summed E-state index contributed by atoms with van der Waals surface area (Å²) in [5, 5.41) is 14.7. The van der Waals surface area contributed by atoms with Crippen molar-refractivity contribution >= 4 is 34.7 Å². The number of carbonyl (C=O) groups excluding carboxylic acids is 4. The maximum Gasteiger partial charge on any atom is 0.418 e. The number of halogens is 4. The minimum absolute atomic E-state index is 0.0261. The van der Waals surface area contributed by atoms with Crippen LogP contribution in [0.4, 0.5) is 22.4 Å². The molecule has 0 aliphatic heterocycles. The molecule has 0 saturated heterocycles. The van der Waals surface area contributed by atoms with Gasteiger partial charge in [0.15, 0.2) is 0 Å². The highest BCUT2D eigenvalue weighted by atomic mass is 19.4. The minimum atomic E-state index is -4.64. The Morgan fingerprint density at radius 3 is 2.32 bits per heavy atom. The molecule has 2 heterocycles.